The molecule has 2 amide bonds. The summed E-state index contributed by atoms with van der Waals surface area (Å²) in [5, 5.41) is 0. The third-order valence-corrected chi connectivity index (χ3v) is 6.01. The van der Waals surface area contributed by atoms with Gasteiger partial charge in [0.1, 0.15) is 0 Å². The number of amides is 2. The van der Waals surface area contributed by atoms with Gasteiger partial charge in [0, 0.05) is 67.6 Å². The molecule has 148 valence electrons. The minimum absolute atomic E-state index is 0.0146. The van der Waals surface area contributed by atoms with Gasteiger partial charge in [0.05, 0.1) is 6.54 Å². The van der Waals surface area contributed by atoms with Crippen molar-refractivity contribution in [2.75, 3.05) is 52.1 Å². The second-order valence-electron chi connectivity index (χ2n) is 7.43. The summed E-state index contributed by atoms with van der Waals surface area (Å²) < 4.78 is 11.4. The summed E-state index contributed by atoms with van der Waals surface area (Å²) in [6.45, 7) is 4.95. The first kappa shape index (κ1) is 20.0. The molecule has 0 aromatic heterocycles. The fourth-order valence-corrected chi connectivity index (χ4v) is 4.40. The Labute approximate surface area is 164 Å². The predicted molar refractivity (Wildman–Crippen MR) is 107 cm³/mol. The quantitative estimate of drug-likeness (QED) is 0.760. The molecule has 2 aliphatic rings. The zero-order valence-corrected chi connectivity index (χ0v) is 16.9. The van der Waals surface area contributed by atoms with Crippen LogP contribution >= 0.6 is 0 Å². The summed E-state index contributed by atoms with van der Waals surface area (Å²) in [5.41, 5.74) is 1.57. The third-order valence-electron chi connectivity index (χ3n) is 5.27. The number of carbonyl (C=O) groups is 2. The van der Waals surface area contributed by atoms with E-state index in [0.717, 1.165) is 44.6 Å². The van der Waals surface area contributed by atoms with Crippen molar-refractivity contribution in [1.29, 1.82) is 0 Å². The van der Waals surface area contributed by atoms with Crippen LogP contribution in [0.1, 0.15) is 35.2 Å². The highest BCUT2D eigenvalue weighted by Crippen LogP contribution is 2.13. The molecular weight excluding hydrogens is 362 g/mol. The maximum absolute atomic E-state index is 12.8. The lowest BCUT2D eigenvalue weighted by atomic mass is 10.1. The van der Waals surface area contributed by atoms with Crippen LogP contribution < -0.4 is 0 Å². The summed E-state index contributed by atoms with van der Waals surface area (Å²) in [6, 6.07) is 7.41. The summed E-state index contributed by atoms with van der Waals surface area (Å²) in [6.07, 6.45) is 5.11. The van der Waals surface area contributed by atoms with Gasteiger partial charge in [0.2, 0.25) is 5.91 Å². The summed E-state index contributed by atoms with van der Waals surface area (Å²) in [5.74, 6) is 0.698. The lowest BCUT2D eigenvalue weighted by Crippen LogP contribution is -2.52. The Morgan fingerprint density at radius 1 is 0.963 bits per heavy atom. The van der Waals surface area contributed by atoms with E-state index >= 15 is 0 Å². The van der Waals surface area contributed by atoms with E-state index in [1.807, 2.05) is 34.1 Å². The Hall–Kier alpha value is -1.73. The van der Waals surface area contributed by atoms with Crippen molar-refractivity contribution in [3.63, 3.8) is 0 Å². The van der Waals surface area contributed by atoms with Crippen molar-refractivity contribution < 1.29 is 13.8 Å². The largest absolute Gasteiger partial charge is 0.342 e. The minimum Gasteiger partial charge on any atom is -0.342 e. The third kappa shape index (κ3) is 5.62. The van der Waals surface area contributed by atoms with Crippen LogP contribution in [0.15, 0.2) is 24.3 Å². The average molecular weight is 392 g/mol. The van der Waals surface area contributed by atoms with Crippen molar-refractivity contribution in [3.8, 4) is 0 Å². The molecule has 1 atom stereocenters. The standard InChI is InChI=1S/C20H29N3O3S/c1-27(26)16-17-6-5-7-18(14-17)20(25)23-12-10-21(11-13-23)15-19(24)22-8-3-2-4-9-22/h5-7,14H,2-4,8-13,15-16H2,1H3. The van der Waals surface area contributed by atoms with Gasteiger partial charge in [-0.1, -0.05) is 12.1 Å². The number of likely N-dealkylation sites (tertiary alicyclic amines) is 1. The highest BCUT2D eigenvalue weighted by molar-refractivity contribution is 7.83. The highest BCUT2D eigenvalue weighted by atomic mass is 32.2. The number of hydrogen-bond acceptors (Lipinski definition) is 4. The van der Waals surface area contributed by atoms with Crippen LogP contribution in [0.25, 0.3) is 0 Å². The van der Waals surface area contributed by atoms with Gasteiger partial charge < -0.3 is 9.80 Å². The van der Waals surface area contributed by atoms with E-state index in [4.69, 9.17) is 0 Å². The second kappa shape index (κ2) is 9.46. The first-order valence-corrected chi connectivity index (χ1v) is 11.4. The SMILES string of the molecule is CS(=O)Cc1cccc(C(=O)N2CCN(CC(=O)N3CCCCC3)CC2)c1. The number of carbonyl (C=O) groups excluding carboxylic acids is 2. The number of piperazine rings is 1. The van der Waals surface area contributed by atoms with E-state index in [-0.39, 0.29) is 11.8 Å². The number of benzene rings is 1. The van der Waals surface area contributed by atoms with Crippen molar-refractivity contribution in [2.45, 2.75) is 25.0 Å². The number of rotatable bonds is 5. The smallest absolute Gasteiger partial charge is 0.253 e. The predicted octanol–water partition coefficient (Wildman–Crippen LogP) is 1.34. The van der Waals surface area contributed by atoms with Gasteiger partial charge in [0.15, 0.2) is 0 Å². The fourth-order valence-electron chi connectivity index (χ4n) is 3.76. The second-order valence-corrected chi connectivity index (χ2v) is 8.86. The Bertz CT molecular complexity index is 695. The fraction of sp³-hybridized carbons (Fsp3) is 0.600. The zero-order valence-electron chi connectivity index (χ0n) is 16.1. The molecule has 27 heavy (non-hydrogen) atoms. The average Bonchev–Trinajstić information content (AvgIpc) is 2.68. The Kier molecular flexibility index (Phi) is 7.01. The molecular formula is C20H29N3O3S. The van der Waals surface area contributed by atoms with Gasteiger partial charge in [-0.15, -0.1) is 0 Å². The van der Waals surface area contributed by atoms with Crippen LogP contribution in [-0.2, 0) is 21.3 Å². The van der Waals surface area contributed by atoms with Crippen LogP contribution in [0.2, 0.25) is 0 Å². The molecule has 2 fully saturated rings. The molecule has 0 N–H and O–H groups in total. The van der Waals surface area contributed by atoms with Gasteiger partial charge in [-0.3, -0.25) is 18.7 Å². The number of hydrogen-bond donors (Lipinski definition) is 0. The Morgan fingerprint density at radius 2 is 1.67 bits per heavy atom. The Morgan fingerprint density at radius 3 is 2.33 bits per heavy atom. The van der Waals surface area contributed by atoms with Gasteiger partial charge in [0.25, 0.3) is 5.91 Å². The lowest BCUT2D eigenvalue weighted by Gasteiger charge is -2.36. The normalized spacial score (nSPS) is 19.7. The Balaban J connectivity index is 1.50. The van der Waals surface area contributed by atoms with E-state index in [2.05, 4.69) is 4.90 Å². The molecule has 3 rings (SSSR count). The number of nitrogens with zero attached hydrogens (tertiary/aromatic N) is 3. The van der Waals surface area contributed by atoms with Crippen LogP contribution in [0.3, 0.4) is 0 Å². The molecule has 1 aromatic carbocycles. The molecule has 0 saturated carbocycles. The molecule has 0 aliphatic carbocycles. The topological polar surface area (TPSA) is 60.9 Å². The first-order chi connectivity index (χ1) is 13.0. The van der Waals surface area contributed by atoms with Crippen LogP contribution in [0.5, 0.6) is 0 Å². The summed E-state index contributed by atoms with van der Waals surface area (Å²) in [4.78, 5) is 31.2. The molecule has 2 heterocycles. The van der Waals surface area contributed by atoms with E-state index in [1.165, 1.54) is 6.42 Å². The molecule has 1 unspecified atom stereocenters. The molecule has 1 aromatic rings. The van der Waals surface area contributed by atoms with Gasteiger partial charge in [-0.25, -0.2) is 0 Å². The monoisotopic (exact) mass is 391 g/mol. The van der Waals surface area contributed by atoms with Gasteiger partial charge in [-0.2, -0.15) is 0 Å². The van der Waals surface area contributed by atoms with E-state index in [9.17, 15) is 13.8 Å². The molecule has 6 nitrogen and oxygen atoms in total. The first-order valence-electron chi connectivity index (χ1n) is 9.71. The van der Waals surface area contributed by atoms with Crippen molar-refractivity contribution in [3.05, 3.63) is 35.4 Å². The summed E-state index contributed by atoms with van der Waals surface area (Å²) in [7, 11) is -0.923. The van der Waals surface area contributed by atoms with Gasteiger partial charge in [-0.05, 0) is 37.0 Å². The lowest BCUT2D eigenvalue weighted by molar-refractivity contribution is -0.133. The van der Waals surface area contributed by atoms with Gasteiger partial charge >= 0.3 is 0 Å². The molecule has 0 bridgehead atoms. The van der Waals surface area contributed by atoms with E-state index in [1.54, 1.807) is 6.26 Å². The van der Waals surface area contributed by atoms with Crippen molar-refractivity contribution in [1.82, 2.24) is 14.7 Å². The van der Waals surface area contributed by atoms with Crippen molar-refractivity contribution >= 4 is 22.6 Å². The minimum atomic E-state index is -0.923. The molecule has 7 heteroatoms. The zero-order chi connectivity index (χ0) is 19.2. The van der Waals surface area contributed by atoms with Crippen LogP contribution in [-0.4, -0.2) is 82.8 Å². The summed E-state index contributed by atoms with van der Waals surface area (Å²) >= 11 is 0. The molecule has 2 saturated heterocycles. The molecule has 2 aliphatic heterocycles. The van der Waals surface area contributed by atoms with Crippen molar-refractivity contribution in [2.24, 2.45) is 0 Å². The van der Waals surface area contributed by atoms with Crippen LogP contribution in [0, 0.1) is 0 Å². The van der Waals surface area contributed by atoms with Crippen LogP contribution in [0.4, 0.5) is 0 Å². The maximum atomic E-state index is 12.8. The van der Waals surface area contributed by atoms with E-state index < -0.39 is 10.8 Å². The number of piperidine rings is 1. The van der Waals surface area contributed by atoms with E-state index in [0.29, 0.717) is 31.0 Å². The molecule has 0 spiro atoms. The molecule has 0 radical (unpaired) electrons. The maximum Gasteiger partial charge on any atom is 0.253 e. The highest BCUT2D eigenvalue weighted by Gasteiger charge is 2.25.